The van der Waals surface area contributed by atoms with E-state index < -0.39 is 0 Å². The Balaban J connectivity index is 3.13. The zero-order valence-electron chi connectivity index (χ0n) is 26.4. The fraction of sp³-hybridized carbons (Fsp3) is 0.971. The van der Waals surface area contributed by atoms with E-state index in [2.05, 4.69) is 13.8 Å². The van der Waals surface area contributed by atoms with Crippen LogP contribution in [0.5, 0.6) is 0 Å². The summed E-state index contributed by atoms with van der Waals surface area (Å²) in [5.41, 5.74) is 0. The summed E-state index contributed by atoms with van der Waals surface area (Å²) in [7, 11) is 0. The molecule has 0 saturated heterocycles. The highest BCUT2D eigenvalue weighted by Gasteiger charge is 2.03. The third-order valence-electron chi connectivity index (χ3n) is 7.87. The average Bonchev–Trinajstić information content (AvgIpc) is 2.92. The molecule has 0 aromatic heterocycles. The van der Waals surface area contributed by atoms with Crippen LogP contribution in [-0.2, 0) is 14.3 Å². The van der Waals surface area contributed by atoms with Crippen molar-refractivity contribution in [2.24, 2.45) is 0 Å². The minimum atomic E-state index is -0.0522. The van der Waals surface area contributed by atoms with Gasteiger partial charge < -0.3 is 9.47 Å². The molecule has 0 aromatic carbocycles. The van der Waals surface area contributed by atoms with Crippen LogP contribution in [0, 0.1) is 0 Å². The number of carbonyl (C=O) groups is 1. The lowest BCUT2D eigenvalue weighted by Crippen LogP contribution is -2.10. The van der Waals surface area contributed by atoms with Crippen LogP contribution >= 0.6 is 0 Å². The van der Waals surface area contributed by atoms with Crippen molar-refractivity contribution in [3.63, 3.8) is 0 Å². The first-order valence-corrected chi connectivity index (χ1v) is 17.5. The second-order valence-corrected chi connectivity index (χ2v) is 11.8. The number of unbranched alkanes of at least 4 members (excludes halogenated alkanes) is 26. The summed E-state index contributed by atoms with van der Waals surface area (Å²) in [4.78, 5) is 11.8. The number of hydrogen-bond acceptors (Lipinski definition) is 3. The predicted octanol–water partition coefficient (Wildman–Crippen LogP) is 11.9. The smallest absolute Gasteiger partial charge is 0.305 e. The van der Waals surface area contributed by atoms with Crippen LogP contribution in [0.1, 0.15) is 200 Å². The van der Waals surface area contributed by atoms with Gasteiger partial charge in [0.25, 0.3) is 0 Å². The molecule has 0 atom stereocenters. The lowest BCUT2D eigenvalue weighted by molar-refractivity contribution is -0.145. The predicted molar refractivity (Wildman–Crippen MR) is 167 cm³/mol. The molecule has 0 aliphatic rings. The van der Waals surface area contributed by atoms with Crippen molar-refractivity contribution in [3.05, 3.63) is 0 Å². The number of esters is 1. The molecule has 0 aromatic rings. The number of carbonyl (C=O) groups excluding carboxylic acids is 1. The summed E-state index contributed by atoms with van der Waals surface area (Å²) in [5.74, 6) is -0.0522. The number of rotatable bonds is 33. The summed E-state index contributed by atoms with van der Waals surface area (Å²) >= 11 is 0. The third-order valence-corrected chi connectivity index (χ3v) is 7.87. The Morgan fingerprint density at radius 1 is 0.368 bits per heavy atom. The Kier molecular flexibility index (Phi) is 33.9. The quantitative estimate of drug-likeness (QED) is 0.0615. The fourth-order valence-corrected chi connectivity index (χ4v) is 5.25. The summed E-state index contributed by atoms with van der Waals surface area (Å²) in [6, 6.07) is 0. The maximum absolute atomic E-state index is 11.8. The second kappa shape index (κ2) is 34.5. The molecule has 0 aliphatic carbocycles. The lowest BCUT2D eigenvalue weighted by Gasteiger charge is -2.07. The maximum Gasteiger partial charge on any atom is 0.305 e. The van der Waals surface area contributed by atoms with Crippen molar-refractivity contribution in [2.75, 3.05) is 19.8 Å². The zero-order chi connectivity index (χ0) is 27.6. The van der Waals surface area contributed by atoms with E-state index >= 15 is 0 Å². The molecule has 0 radical (unpaired) electrons. The van der Waals surface area contributed by atoms with Gasteiger partial charge in [-0.1, -0.05) is 181 Å². The molecule has 3 heteroatoms. The van der Waals surface area contributed by atoms with Crippen molar-refractivity contribution >= 4 is 5.97 Å². The van der Waals surface area contributed by atoms with Crippen molar-refractivity contribution in [2.45, 2.75) is 200 Å². The van der Waals surface area contributed by atoms with Gasteiger partial charge >= 0.3 is 5.97 Å². The minimum absolute atomic E-state index is 0.0522. The van der Waals surface area contributed by atoms with E-state index in [1.807, 2.05) is 0 Å². The van der Waals surface area contributed by atoms with E-state index in [9.17, 15) is 4.79 Å². The van der Waals surface area contributed by atoms with Crippen LogP contribution in [0.4, 0.5) is 0 Å². The van der Waals surface area contributed by atoms with Crippen LogP contribution in [0.3, 0.4) is 0 Å². The highest BCUT2D eigenvalue weighted by Crippen LogP contribution is 2.14. The topological polar surface area (TPSA) is 35.5 Å². The average molecular weight is 539 g/mol. The Morgan fingerprint density at radius 3 is 1.05 bits per heavy atom. The Bertz CT molecular complexity index is 437. The monoisotopic (exact) mass is 539 g/mol. The molecule has 3 nitrogen and oxygen atoms in total. The van der Waals surface area contributed by atoms with Gasteiger partial charge in [-0.05, 0) is 12.8 Å². The molecule has 0 aliphatic heterocycles. The van der Waals surface area contributed by atoms with E-state index in [0.717, 1.165) is 25.9 Å². The van der Waals surface area contributed by atoms with Gasteiger partial charge in [0.05, 0.1) is 6.61 Å². The van der Waals surface area contributed by atoms with Crippen molar-refractivity contribution in [1.29, 1.82) is 0 Å². The van der Waals surface area contributed by atoms with Crippen LogP contribution < -0.4 is 0 Å². The molecule has 228 valence electrons. The van der Waals surface area contributed by atoms with E-state index in [0.29, 0.717) is 19.6 Å². The normalized spacial score (nSPS) is 11.3. The summed E-state index contributed by atoms with van der Waals surface area (Å²) in [6.45, 7) is 6.32. The zero-order valence-corrected chi connectivity index (χ0v) is 26.4. The Morgan fingerprint density at radius 2 is 0.684 bits per heavy atom. The molecule has 0 fully saturated rings. The van der Waals surface area contributed by atoms with Crippen molar-refractivity contribution < 1.29 is 14.3 Å². The van der Waals surface area contributed by atoms with Crippen LogP contribution in [0.2, 0.25) is 0 Å². The lowest BCUT2D eigenvalue weighted by atomic mass is 10.0. The molecule has 0 saturated carbocycles. The summed E-state index contributed by atoms with van der Waals surface area (Å²) in [6.07, 6.45) is 38.6. The van der Waals surface area contributed by atoms with Gasteiger partial charge in [-0.2, -0.15) is 0 Å². The Hall–Kier alpha value is -0.570. The first-order valence-electron chi connectivity index (χ1n) is 17.5. The van der Waals surface area contributed by atoms with E-state index in [4.69, 9.17) is 9.47 Å². The SMILES string of the molecule is CCCCCCCCCCCCCCCCCOCCOC(=O)CCCCCCCCCCCCCCC. The Labute approximate surface area is 240 Å². The molecule has 38 heavy (non-hydrogen) atoms. The molecule has 0 N–H and O–H groups in total. The fourth-order valence-electron chi connectivity index (χ4n) is 5.25. The third kappa shape index (κ3) is 33.5. The molecular weight excluding hydrogens is 468 g/mol. The largest absolute Gasteiger partial charge is 0.463 e. The van der Waals surface area contributed by atoms with Gasteiger partial charge in [0.1, 0.15) is 6.61 Å². The molecular formula is C35H70O3. The van der Waals surface area contributed by atoms with Gasteiger partial charge in [-0.3, -0.25) is 4.79 Å². The molecule has 0 spiro atoms. The highest BCUT2D eigenvalue weighted by molar-refractivity contribution is 5.69. The van der Waals surface area contributed by atoms with Crippen LogP contribution in [-0.4, -0.2) is 25.8 Å². The minimum Gasteiger partial charge on any atom is -0.463 e. The summed E-state index contributed by atoms with van der Waals surface area (Å²) in [5, 5.41) is 0. The van der Waals surface area contributed by atoms with Gasteiger partial charge in [0.2, 0.25) is 0 Å². The molecule has 0 unspecified atom stereocenters. The first-order chi connectivity index (χ1) is 18.8. The van der Waals surface area contributed by atoms with Gasteiger partial charge in [0.15, 0.2) is 0 Å². The van der Waals surface area contributed by atoms with E-state index in [-0.39, 0.29) is 5.97 Å². The van der Waals surface area contributed by atoms with Gasteiger partial charge in [-0.25, -0.2) is 0 Å². The van der Waals surface area contributed by atoms with Crippen LogP contribution in [0.25, 0.3) is 0 Å². The van der Waals surface area contributed by atoms with Gasteiger partial charge in [-0.15, -0.1) is 0 Å². The standard InChI is InChI=1S/C35H70O3/c1-3-5-7-9-11-13-15-17-18-20-22-24-26-28-30-32-37-33-34-38-35(36)31-29-27-25-23-21-19-16-14-12-10-8-6-4-2/h3-34H2,1-2H3. The van der Waals surface area contributed by atoms with Gasteiger partial charge in [0, 0.05) is 13.0 Å². The molecule has 0 heterocycles. The second-order valence-electron chi connectivity index (χ2n) is 11.8. The number of ether oxygens (including phenoxy) is 2. The highest BCUT2D eigenvalue weighted by atomic mass is 16.6. The van der Waals surface area contributed by atoms with Crippen molar-refractivity contribution in [1.82, 2.24) is 0 Å². The molecule has 0 bridgehead atoms. The van der Waals surface area contributed by atoms with Crippen LogP contribution in [0.15, 0.2) is 0 Å². The van der Waals surface area contributed by atoms with E-state index in [1.165, 1.54) is 161 Å². The maximum atomic E-state index is 11.8. The number of hydrogen-bond donors (Lipinski definition) is 0. The molecule has 0 rings (SSSR count). The summed E-state index contributed by atoms with van der Waals surface area (Å²) < 4.78 is 11.0. The molecule has 0 amide bonds. The van der Waals surface area contributed by atoms with Crippen molar-refractivity contribution in [3.8, 4) is 0 Å². The van der Waals surface area contributed by atoms with E-state index in [1.54, 1.807) is 0 Å². The first kappa shape index (κ1) is 37.4.